The van der Waals surface area contributed by atoms with Gasteiger partial charge in [0.25, 0.3) is 5.91 Å². The Morgan fingerprint density at radius 3 is 2.54 bits per heavy atom. The molecule has 2 bridgehead atoms. The van der Waals surface area contributed by atoms with Gasteiger partial charge in [0.05, 0.1) is 35.2 Å². The lowest BCUT2D eigenvalue weighted by atomic mass is 10.1. The van der Waals surface area contributed by atoms with Gasteiger partial charge in [-0.1, -0.05) is 29.7 Å². The van der Waals surface area contributed by atoms with E-state index in [1.807, 2.05) is 28.9 Å². The number of piperazine rings is 1. The van der Waals surface area contributed by atoms with E-state index >= 15 is 0 Å². The predicted octanol–water partition coefficient (Wildman–Crippen LogP) is 3.96. The van der Waals surface area contributed by atoms with Crippen molar-refractivity contribution in [3.05, 3.63) is 42.1 Å². The SMILES string of the molecule is C=CC(=O)N1C2CCC1CN(C(=O)c1cc(Sc3cnc(NC(=O)C4CC4)s3)c(C)cc1OC)C2. The molecule has 2 aromatic rings. The number of aryl methyl sites for hydroxylation is 1. The number of thiazole rings is 1. The zero-order valence-corrected chi connectivity index (χ0v) is 21.4. The van der Waals surface area contributed by atoms with Gasteiger partial charge < -0.3 is 19.9 Å². The summed E-state index contributed by atoms with van der Waals surface area (Å²) in [6, 6.07) is 3.82. The molecular weight excluding hydrogens is 484 g/mol. The minimum Gasteiger partial charge on any atom is -0.496 e. The smallest absolute Gasteiger partial charge is 0.257 e. The van der Waals surface area contributed by atoms with Crippen molar-refractivity contribution in [2.75, 3.05) is 25.5 Å². The highest BCUT2D eigenvalue weighted by Gasteiger charge is 2.43. The van der Waals surface area contributed by atoms with E-state index in [9.17, 15) is 14.4 Å². The standard InChI is InChI=1S/C25H28N4O4S2/c1-4-21(30)29-16-7-8-17(29)13-28(12-16)24(32)18-10-20(14(2)9-19(18)33-3)34-22-11-26-25(35-22)27-23(31)15-5-6-15/h4,9-11,15-17H,1,5-8,12-13H2,2-3H3,(H,26,27,31). The zero-order chi connectivity index (χ0) is 24.7. The predicted molar refractivity (Wildman–Crippen MR) is 135 cm³/mol. The molecule has 1 aromatic heterocycles. The first-order valence-corrected chi connectivity index (χ1v) is 13.4. The molecule has 3 heterocycles. The second-order valence-corrected chi connectivity index (χ2v) is 11.6. The summed E-state index contributed by atoms with van der Waals surface area (Å²) in [4.78, 5) is 46.9. The molecule has 1 N–H and O–H groups in total. The van der Waals surface area contributed by atoms with E-state index in [1.54, 1.807) is 13.3 Å². The minimum atomic E-state index is -0.0898. The molecule has 3 amide bonds. The van der Waals surface area contributed by atoms with Crippen molar-refractivity contribution in [3.63, 3.8) is 0 Å². The van der Waals surface area contributed by atoms with Gasteiger partial charge in [-0.05, 0) is 56.4 Å². The van der Waals surface area contributed by atoms with Crippen molar-refractivity contribution >= 4 is 46.0 Å². The fraction of sp³-hybridized carbons (Fsp3) is 0.440. The number of hydrogen-bond acceptors (Lipinski definition) is 7. The van der Waals surface area contributed by atoms with Crippen LogP contribution >= 0.6 is 23.1 Å². The number of hydrogen-bond donors (Lipinski definition) is 1. The van der Waals surface area contributed by atoms with Gasteiger partial charge >= 0.3 is 0 Å². The van der Waals surface area contributed by atoms with Crippen LogP contribution in [0.1, 0.15) is 41.6 Å². The summed E-state index contributed by atoms with van der Waals surface area (Å²) in [7, 11) is 1.57. The van der Waals surface area contributed by atoms with Gasteiger partial charge in [-0.2, -0.15) is 0 Å². The van der Waals surface area contributed by atoms with Crippen LogP contribution in [0.5, 0.6) is 5.75 Å². The fourth-order valence-electron chi connectivity index (χ4n) is 4.84. The van der Waals surface area contributed by atoms with E-state index in [-0.39, 0.29) is 35.7 Å². The highest BCUT2D eigenvalue weighted by Crippen LogP contribution is 2.40. The Kier molecular flexibility index (Phi) is 6.59. The summed E-state index contributed by atoms with van der Waals surface area (Å²) in [5.74, 6) is 0.546. The van der Waals surface area contributed by atoms with Crippen LogP contribution in [0.3, 0.4) is 0 Å². The maximum Gasteiger partial charge on any atom is 0.257 e. The van der Waals surface area contributed by atoms with Crippen molar-refractivity contribution in [1.29, 1.82) is 0 Å². The van der Waals surface area contributed by atoms with Crippen LogP contribution in [-0.2, 0) is 9.59 Å². The quantitative estimate of drug-likeness (QED) is 0.565. The Balaban J connectivity index is 1.34. The van der Waals surface area contributed by atoms with Crippen molar-refractivity contribution in [2.45, 2.75) is 53.8 Å². The van der Waals surface area contributed by atoms with E-state index in [2.05, 4.69) is 16.9 Å². The van der Waals surface area contributed by atoms with Crippen molar-refractivity contribution in [1.82, 2.24) is 14.8 Å². The van der Waals surface area contributed by atoms with Crippen LogP contribution in [0.2, 0.25) is 0 Å². The number of ether oxygens (including phenoxy) is 1. The molecule has 2 unspecified atom stereocenters. The Morgan fingerprint density at radius 1 is 1.20 bits per heavy atom. The lowest BCUT2D eigenvalue weighted by Crippen LogP contribution is -2.56. The van der Waals surface area contributed by atoms with Crippen LogP contribution in [0.25, 0.3) is 0 Å². The first-order chi connectivity index (χ1) is 16.9. The molecule has 184 valence electrons. The molecule has 35 heavy (non-hydrogen) atoms. The third kappa shape index (κ3) is 4.81. The van der Waals surface area contributed by atoms with Crippen molar-refractivity contribution in [2.24, 2.45) is 5.92 Å². The van der Waals surface area contributed by atoms with Gasteiger partial charge in [0.2, 0.25) is 11.8 Å². The van der Waals surface area contributed by atoms with Crippen LogP contribution in [0.15, 0.2) is 40.1 Å². The second-order valence-electron chi connectivity index (χ2n) is 9.21. The summed E-state index contributed by atoms with van der Waals surface area (Å²) in [5, 5.41) is 3.48. The van der Waals surface area contributed by atoms with Gasteiger partial charge in [-0.15, -0.1) is 0 Å². The lowest BCUT2D eigenvalue weighted by Gasteiger charge is -2.40. The molecule has 3 fully saturated rings. The summed E-state index contributed by atoms with van der Waals surface area (Å²) < 4.78 is 6.50. The number of carbonyl (C=O) groups excluding carboxylic acids is 3. The summed E-state index contributed by atoms with van der Waals surface area (Å²) in [5.41, 5.74) is 1.50. The average molecular weight is 513 g/mol. The number of fused-ring (bicyclic) bond motifs is 2. The van der Waals surface area contributed by atoms with Gasteiger partial charge in [-0.3, -0.25) is 14.4 Å². The van der Waals surface area contributed by atoms with E-state index in [0.29, 0.717) is 29.5 Å². The van der Waals surface area contributed by atoms with Crippen molar-refractivity contribution < 1.29 is 19.1 Å². The Morgan fingerprint density at radius 2 is 1.91 bits per heavy atom. The monoisotopic (exact) mass is 512 g/mol. The molecule has 2 atom stereocenters. The molecule has 10 heteroatoms. The number of nitrogens with one attached hydrogen (secondary N) is 1. The van der Waals surface area contributed by atoms with E-state index < -0.39 is 0 Å². The van der Waals surface area contributed by atoms with E-state index in [1.165, 1.54) is 29.2 Å². The number of methoxy groups -OCH3 is 1. The number of likely N-dealkylation sites (tertiary alicyclic amines) is 1. The van der Waals surface area contributed by atoms with Crippen molar-refractivity contribution in [3.8, 4) is 5.75 Å². The summed E-state index contributed by atoms with van der Waals surface area (Å²) in [6.45, 7) is 6.62. The second kappa shape index (κ2) is 9.66. The van der Waals surface area contributed by atoms with Crippen LogP contribution in [-0.4, -0.2) is 64.8 Å². The zero-order valence-electron chi connectivity index (χ0n) is 19.8. The molecule has 1 aliphatic carbocycles. The number of aromatic nitrogens is 1. The third-order valence-corrected chi connectivity index (χ3v) is 8.97. The number of nitrogens with zero attached hydrogens (tertiary/aromatic N) is 3. The number of amides is 3. The molecule has 2 saturated heterocycles. The van der Waals surface area contributed by atoms with E-state index in [4.69, 9.17) is 4.74 Å². The number of rotatable bonds is 7. The Hall–Kier alpha value is -2.85. The molecule has 0 radical (unpaired) electrons. The van der Waals surface area contributed by atoms with Crippen LogP contribution in [0.4, 0.5) is 5.13 Å². The average Bonchev–Trinajstić information content (AvgIpc) is 3.57. The summed E-state index contributed by atoms with van der Waals surface area (Å²) in [6.07, 6.45) is 6.79. The first-order valence-electron chi connectivity index (χ1n) is 11.7. The molecule has 3 aliphatic rings. The van der Waals surface area contributed by atoms with Gasteiger partial charge in [0.15, 0.2) is 5.13 Å². The molecule has 5 rings (SSSR count). The Labute approximate surface area is 212 Å². The molecular formula is C25H28N4O4S2. The number of benzene rings is 1. The molecule has 8 nitrogen and oxygen atoms in total. The maximum atomic E-state index is 13.6. The minimum absolute atomic E-state index is 0.0231. The maximum absolute atomic E-state index is 13.6. The van der Waals surface area contributed by atoms with Gasteiger partial charge in [0, 0.05) is 23.9 Å². The molecule has 0 spiro atoms. The Bertz CT molecular complexity index is 1180. The number of carbonyl (C=O) groups is 3. The number of anilines is 1. The normalized spacial score (nSPS) is 21.1. The van der Waals surface area contributed by atoms with Gasteiger partial charge in [0.1, 0.15) is 5.75 Å². The summed E-state index contributed by atoms with van der Waals surface area (Å²) >= 11 is 2.94. The molecule has 1 saturated carbocycles. The third-order valence-electron chi connectivity index (χ3n) is 6.80. The highest BCUT2D eigenvalue weighted by molar-refractivity contribution is 8.01. The van der Waals surface area contributed by atoms with Crippen LogP contribution < -0.4 is 10.1 Å². The van der Waals surface area contributed by atoms with E-state index in [0.717, 1.165) is 40.4 Å². The highest BCUT2D eigenvalue weighted by atomic mass is 32.2. The first kappa shape index (κ1) is 23.9. The molecule has 1 aromatic carbocycles. The van der Waals surface area contributed by atoms with Gasteiger partial charge in [-0.25, -0.2) is 4.98 Å². The lowest BCUT2D eigenvalue weighted by molar-refractivity contribution is -0.131. The fourth-order valence-corrected chi connectivity index (χ4v) is 6.78. The largest absolute Gasteiger partial charge is 0.496 e. The molecule has 2 aliphatic heterocycles. The van der Waals surface area contributed by atoms with Crippen LogP contribution in [0, 0.1) is 12.8 Å². The topological polar surface area (TPSA) is 91.8 Å².